The SMILES string of the molecule is CN(C)C(=O)N(C(=O)O)c1cccc(C#N)n1. The summed E-state index contributed by atoms with van der Waals surface area (Å²) in [4.78, 5) is 28.0. The Kier molecular flexibility index (Phi) is 3.62. The first kappa shape index (κ1) is 12.4. The minimum absolute atomic E-state index is 0.0420. The number of hydrogen-bond donors (Lipinski definition) is 1. The van der Waals surface area contributed by atoms with E-state index in [0.717, 1.165) is 4.90 Å². The Bertz CT molecular complexity index is 493. The Hall–Kier alpha value is -2.62. The highest BCUT2D eigenvalue weighted by Gasteiger charge is 2.25. The Morgan fingerprint density at radius 1 is 1.41 bits per heavy atom. The maximum atomic E-state index is 11.6. The lowest BCUT2D eigenvalue weighted by Crippen LogP contribution is -2.43. The Labute approximate surface area is 97.5 Å². The molecule has 0 saturated heterocycles. The standard InChI is InChI=1S/C10H10N4O3/c1-13(2)9(15)14(10(16)17)8-5-3-4-7(6-11)12-8/h3-5H,1-2H3,(H,16,17). The maximum Gasteiger partial charge on any atom is 0.421 e. The number of rotatable bonds is 1. The molecule has 7 nitrogen and oxygen atoms in total. The summed E-state index contributed by atoms with van der Waals surface area (Å²) < 4.78 is 0. The van der Waals surface area contributed by atoms with E-state index in [-0.39, 0.29) is 11.5 Å². The molecule has 0 bridgehead atoms. The van der Waals surface area contributed by atoms with Gasteiger partial charge in [-0.1, -0.05) is 6.07 Å². The molecule has 7 heteroatoms. The van der Waals surface area contributed by atoms with Gasteiger partial charge in [-0.2, -0.15) is 10.2 Å². The van der Waals surface area contributed by atoms with Crippen LogP contribution in [0.1, 0.15) is 5.69 Å². The smallest absolute Gasteiger partial charge is 0.421 e. The lowest BCUT2D eigenvalue weighted by atomic mass is 10.3. The average molecular weight is 234 g/mol. The fourth-order valence-corrected chi connectivity index (χ4v) is 1.09. The van der Waals surface area contributed by atoms with Crippen LogP contribution in [0.5, 0.6) is 0 Å². The van der Waals surface area contributed by atoms with Crippen molar-refractivity contribution in [2.24, 2.45) is 0 Å². The molecule has 0 aliphatic carbocycles. The Morgan fingerprint density at radius 2 is 2.06 bits per heavy atom. The molecule has 3 amide bonds. The molecule has 0 aliphatic rings. The predicted molar refractivity (Wildman–Crippen MR) is 58.5 cm³/mol. The third kappa shape index (κ3) is 2.69. The molecule has 1 aromatic rings. The molecule has 1 N–H and O–H groups in total. The van der Waals surface area contributed by atoms with Crippen molar-refractivity contribution in [2.45, 2.75) is 0 Å². The molecule has 0 aromatic carbocycles. The lowest BCUT2D eigenvalue weighted by molar-refractivity contribution is 0.193. The fourth-order valence-electron chi connectivity index (χ4n) is 1.09. The van der Waals surface area contributed by atoms with Gasteiger partial charge in [-0.15, -0.1) is 0 Å². The highest BCUT2D eigenvalue weighted by molar-refractivity contribution is 6.09. The molecule has 0 unspecified atom stereocenters. The number of amides is 3. The van der Waals surface area contributed by atoms with Crippen molar-refractivity contribution in [3.05, 3.63) is 23.9 Å². The van der Waals surface area contributed by atoms with Crippen molar-refractivity contribution in [3.63, 3.8) is 0 Å². The van der Waals surface area contributed by atoms with Crippen molar-refractivity contribution in [3.8, 4) is 6.07 Å². The number of carboxylic acid groups (broad SMARTS) is 1. The predicted octanol–water partition coefficient (Wildman–Crippen LogP) is 1.12. The number of hydrogen-bond acceptors (Lipinski definition) is 4. The summed E-state index contributed by atoms with van der Waals surface area (Å²) >= 11 is 0. The Balaban J connectivity index is 3.20. The summed E-state index contributed by atoms with van der Waals surface area (Å²) in [5.41, 5.74) is 0.0420. The molecular weight excluding hydrogens is 224 g/mol. The summed E-state index contributed by atoms with van der Waals surface area (Å²) in [6.45, 7) is 0. The number of carbonyl (C=O) groups is 2. The molecule has 0 saturated carbocycles. The third-order valence-corrected chi connectivity index (χ3v) is 1.84. The van der Waals surface area contributed by atoms with E-state index < -0.39 is 12.1 Å². The van der Waals surface area contributed by atoms with E-state index in [1.807, 2.05) is 0 Å². The second-order valence-corrected chi connectivity index (χ2v) is 3.29. The monoisotopic (exact) mass is 234 g/mol. The van der Waals surface area contributed by atoms with Crippen LogP contribution in [0.4, 0.5) is 15.4 Å². The van der Waals surface area contributed by atoms with Crippen molar-refractivity contribution in [1.82, 2.24) is 9.88 Å². The second-order valence-electron chi connectivity index (χ2n) is 3.29. The topological polar surface area (TPSA) is 97.5 Å². The van der Waals surface area contributed by atoms with Crippen LogP contribution in [-0.4, -0.2) is 41.2 Å². The molecule has 1 aromatic heterocycles. The van der Waals surface area contributed by atoms with Crippen LogP contribution in [0.25, 0.3) is 0 Å². The molecule has 0 atom stereocenters. The van der Waals surface area contributed by atoms with Crippen LogP contribution in [-0.2, 0) is 0 Å². The van der Waals surface area contributed by atoms with E-state index in [2.05, 4.69) is 4.98 Å². The number of anilines is 1. The lowest BCUT2D eigenvalue weighted by Gasteiger charge is -2.20. The van der Waals surface area contributed by atoms with Crippen molar-refractivity contribution in [1.29, 1.82) is 5.26 Å². The molecule has 0 spiro atoms. The minimum atomic E-state index is -1.45. The van der Waals surface area contributed by atoms with Crippen molar-refractivity contribution in [2.75, 3.05) is 19.0 Å². The molecule has 0 radical (unpaired) electrons. The van der Waals surface area contributed by atoms with Gasteiger partial charge in [0.05, 0.1) is 0 Å². The molecule has 1 heterocycles. The van der Waals surface area contributed by atoms with E-state index in [9.17, 15) is 9.59 Å². The highest BCUT2D eigenvalue weighted by atomic mass is 16.4. The number of nitrogens with zero attached hydrogens (tertiary/aromatic N) is 4. The van der Waals surface area contributed by atoms with Crippen LogP contribution >= 0.6 is 0 Å². The first-order valence-corrected chi connectivity index (χ1v) is 4.59. The van der Waals surface area contributed by atoms with E-state index in [4.69, 9.17) is 10.4 Å². The van der Waals surface area contributed by atoms with Crippen LogP contribution in [0, 0.1) is 11.3 Å². The van der Waals surface area contributed by atoms with Gasteiger partial charge in [-0.05, 0) is 12.1 Å². The van der Waals surface area contributed by atoms with Crippen LogP contribution < -0.4 is 4.90 Å². The number of imide groups is 1. The zero-order valence-electron chi connectivity index (χ0n) is 9.28. The molecule has 0 fully saturated rings. The molecule has 1 rings (SSSR count). The van der Waals surface area contributed by atoms with Crippen LogP contribution in [0.15, 0.2) is 18.2 Å². The van der Waals surface area contributed by atoms with E-state index >= 15 is 0 Å². The summed E-state index contributed by atoms with van der Waals surface area (Å²) in [7, 11) is 2.85. The largest absolute Gasteiger partial charge is 0.464 e. The number of pyridine rings is 1. The van der Waals surface area contributed by atoms with Gasteiger partial charge >= 0.3 is 12.1 Å². The van der Waals surface area contributed by atoms with E-state index in [0.29, 0.717) is 4.90 Å². The number of aromatic nitrogens is 1. The summed E-state index contributed by atoms with van der Waals surface area (Å²) in [6.07, 6.45) is -1.45. The van der Waals surface area contributed by atoms with Gasteiger partial charge < -0.3 is 10.0 Å². The van der Waals surface area contributed by atoms with Gasteiger partial charge in [0.2, 0.25) is 0 Å². The van der Waals surface area contributed by atoms with Gasteiger partial charge in [-0.25, -0.2) is 14.6 Å². The zero-order chi connectivity index (χ0) is 13.0. The molecular formula is C10H10N4O3. The zero-order valence-corrected chi connectivity index (χ0v) is 9.28. The summed E-state index contributed by atoms with van der Waals surface area (Å²) in [6, 6.07) is 5.25. The summed E-state index contributed by atoms with van der Waals surface area (Å²) in [5, 5.41) is 17.6. The highest BCUT2D eigenvalue weighted by Crippen LogP contribution is 2.13. The molecule has 0 aliphatic heterocycles. The minimum Gasteiger partial charge on any atom is -0.464 e. The first-order chi connectivity index (χ1) is 7.97. The van der Waals surface area contributed by atoms with E-state index in [1.54, 1.807) is 6.07 Å². The maximum absolute atomic E-state index is 11.6. The third-order valence-electron chi connectivity index (χ3n) is 1.84. The Morgan fingerprint density at radius 3 is 2.53 bits per heavy atom. The quantitative estimate of drug-likeness (QED) is 0.785. The second kappa shape index (κ2) is 4.94. The van der Waals surface area contributed by atoms with Crippen molar-refractivity contribution < 1.29 is 14.7 Å². The van der Waals surface area contributed by atoms with Gasteiger partial charge in [0.15, 0.2) is 0 Å². The van der Waals surface area contributed by atoms with Crippen LogP contribution in [0.3, 0.4) is 0 Å². The van der Waals surface area contributed by atoms with Crippen LogP contribution in [0.2, 0.25) is 0 Å². The van der Waals surface area contributed by atoms with Gasteiger partial charge in [0, 0.05) is 14.1 Å². The molecule has 17 heavy (non-hydrogen) atoms. The average Bonchev–Trinajstić information content (AvgIpc) is 2.28. The van der Waals surface area contributed by atoms with Crippen molar-refractivity contribution >= 4 is 17.9 Å². The first-order valence-electron chi connectivity index (χ1n) is 4.59. The van der Waals surface area contributed by atoms with Gasteiger partial charge in [0.1, 0.15) is 17.6 Å². The van der Waals surface area contributed by atoms with Gasteiger partial charge in [0.25, 0.3) is 0 Å². The van der Waals surface area contributed by atoms with E-state index in [1.165, 1.54) is 32.3 Å². The number of urea groups is 1. The fraction of sp³-hybridized carbons (Fsp3) is 0.200. The van der Waals surface area contributed by atoms with Gasteiger partial charge in [-0.3, -0.25) is 0 Å². The molecule has 88 valence electrons. The summed E-state index contributed by atoms with van der Waals surface area (Å²) in [5.74, 6) is -0.102. The number of nitriles is 1. The normalized spacial score (nSPS) is 9.24. The number of carbonyl (C=O) groups excluding carboxylic acids is 1.